The molecule has 162 valence electrons. The predicted molar refractivity (Wildman–Crippen MR) is 131 cm³/mol. The lowest BCUT2D eigenvalue weighted by atomic mass is 9.70. The highest BCUT2D eigenvalue weighted by Crippen LogP contribution is 2.43. The van der Waals surface area contributed by atoms with Crippen molar-refractivity contribution in [1.29, 1.82) is 0 Å². The highest BCUT2D eigenvalue weighted by atomic mass is 14.3. The molecule has 0 fully saturated rings. The van der Waals surface area contributed by atoms with E-state index in [1.165, 1.54) is 16.7 Å². The van der Waals surface area contributed by atoms with Gasteiger partial charge in [0, 0.05) is 0 Å². The molecular weight excluding hydrogens is 336 g/mol. The van der Waals surface area contributed by atoms with Gasteiger partial charge in [0.25, 0.3) is 0 Å². The van der Waals surface area contributed by atoms with Crippen molar-refractivity contribution in [2.24, 2.45) is 27.1 Å². The molecule has 0 atom stereocenters. The van der Waals surface area contributed by atoms with Crippen molar-refractivity contribution >= 4 is 0 Å². The summed E-state index contributed by atoms with van der Waals surface area (Å²) in [6.45, 7) is 34.6. The van der Waals surface area contributed by atoms with Crippen LogP contribution in [0.2, 0.25) is 0 Å². The summed E-state index contributed by atoms with van der Waals surface area (Å²) < 4.78 is 0. The molecule has 0 saturated heterocycles. The maximum atomic E-state index is 2.40. The van der Waals surface area contributed by atoms with Gasteiger partial charge in [0.2, 0.25) is 0 Å². The molecule has 0 aliphatic rings. The molecule has 0 saturated carbocycles. The lowest BCUT2D eigenvalue weighted by Gasteiger charge is -2.35. The van der Waals surface area contributed by atoms with Crippen molar-refractivity contribution in [2.45, 2.75) is 104 Å². The second-order valence-electron chi connectivity index (χ2n) is 13.5. The fourth-order valence-electron chi connectivity index (χ4n) is 3.71. The Balaban J connectivity index is 6.69. The van der Waals surface area contributed by atoms with Crippen LogP contribution in [0, 0.1) is 27.1 Å². The van der Waals surface area contributed by atoms with E-state index in [9.17, 15) is 0 Å². The van der Waals surface area contributed by atoms with E-state index in [4.69, 9.17) is 0 Å². The molecule has 0 radical (unpaired) electrons. The van der Waals surface area contributed by atoms with Crippen LogP contribution in [0.15, 0.2) is 47.1 Å². The van der Waals surface area contributed by atoms with Crippen LogP contribution in [-0.4, -0.2) is 0 Å². The lowest BCUT2D eigenvalue weighted by Crippen LogP contribution is -2.23. The average molecular weight is 387 g/mol. The maximum Gasteiger partial charge on any atom is -0.0129 e. The first-order valence-corrected chi connectivity index (χ1v) is 10.9. The van der Waals surface area contributed by atoms with Gasteiger partial charge in [-0.15, -0.1) is 0 Å². The summed E-state index contributed by atoms with van der Waals surface area (Å²) in [5, 5.41) is 0. The largest absolute Gasteiger partial charge is 0.0791 e. The molecule has 0 nitrogen and oxygen atoms in total. The zero-order chi connectivity index (χ0) is 22.8. The van der Waals surface area contributed by atoms with E-state index >= 15 is 0 Å². The van der Waals surface area contributed by atoms with Crippen LogP contribution in [0.25, 0.3) is 0 Å². The molecular formula is C28H50. The van der Waals surface area contributed by atoms with Gasteiger partial charge in [-0.3, -0.25) is 0 Å². The molecule has 0 amide bonds. The highest BCUT2D eigenvalue weighted by molar-refractivity contribution is 5.44. The van der Waals surface area contributed by atoms with Gasteiger partial charge in [0.15, 0.2) is 0 Å². The van der Waals surface area contributed by atoms with E-state index < -0.39 is 0 Å². The molecule has 0 bridgehead atoms. The van der Waals surface area contributed by atoms with Gasteiger partial charge < -0.3 is 0 Å². The molecule has 0 spiro atoms. The first-order valence-electron chi connectivity index (χ1n) is 10.9. The fourth-order valence-corrected chi connectivity index (χ4v) is 3.71. The molecule has 0 N–H and O–H groups in total. The van der Waals surface area contributed by atoms with E-state index in [0.717, 1.165) is 0 Å². The lowest BCUT2D eigenvalue weighted by molar-refractivity contribution is 0.362. The van der Waals surface area contributed by atoms with Crippen LogP contribution >= 0.6 is 0 Å². The summed E-state index contributed by atoms with van der Waals surface area (Å²) in [6, 6.07) is 0. The van der Waals surface area contributed by atoms with Crippen LogP contribution in [0.3, 0.4) is 0 Å². The fraction of sp³-hybridized carbons (Fsp3) is 0.714. The van der Waals surface area contributed by atoms with Gasteiger partial charge in [-0.05, 0) is 38.2 Å². The van der Waals surface area contributed by atoms with Gasteiger partial charge in [-0.2, -0.15) is 0 Å². The van der Waals surface area contributed by atoms with Gasteiger partial charge in [0.05, 0.1) is 0 Å². The SMILES string of the molecule is CC(C)(C)C=CC=C(C(=CC=C(C(C)(C)C)C(C)(C)C)C(C)(C)C)C(C)(C)C. The van der Waals surface area contributed by atoms with Crippen molar-refractivity contribution in [1.82, 2.24) is 0 Å². The van der Waals surface area contributed by atoms with Gasteiger partial charge >= 0.3 is 0 Å². The van der Waals surface area contributed by atoms with E-state index in [0.29, 0.717) is 0 Å². The second-order valence-corrected chi connectivity index (χ2v) is 13.5. The summed E-state index contributed by atoms with van der Waals surface area (Å²) in [5.41, 5.74) is 4.97. The molecule has 0 aliphatic heterocycles. The molecule has 0 aromatic heterocycles. The highest BCUT2D eigenvalue weighted by Gasteiger charge is 2.30. The minimum atomic E-state index is 0.0755. The Hall–Kier alpha value is -1.04. The quantitative estimate of drug-likeness (QED) is 0.423. The van der Waals surface area contributed by atoms with Gasteiger partial charge in [-0.1, -0.05) is 140 Å². The van der Waals surface area contributed by atoms with Crippen molar-refractivity contribution in [2.75, 3.05) is 0 Å². The number of rotatable bonds is 3. The molecule has 0 rings (SSSR count). The summed E-state index contributed by atoms with van der Waals surface area (Å²) in [4.78, 5) is 0. The van der Waals surface area contributed by atoms with E-state index in [1.807, 2.05) is 0 Å². The summed E-state index contributed by atoms with van der Waals surface area (Å²) in [6.07, 6.45) is 11.7. The van der Waals surface area contributed by atoms with Gasteiger partial charge in [-0.25, -0.2) is 0 Å². The Bertz CT molecular complexity index is 609. The third kappa shape index (κ3) is 9.44. The van der Waals surface area contributed by atoms with Crippen molar-refractivity contribution in [3.8, 4) is 0 Å². The third-order valence-electron chi connectivity index (χ3n) is 4.80. The van der Waals surface area contributed by atoms with E-state index in [2.05, 4.69) is 134 Å². The monoisotopic (exact) mass is 386 g/mol. The molecule has 28 heavy (non-hydrogen) atoms. The summed E-state index contributed by atoms with van der Waals surface area (Å²) in [5.74, 6) is 0. The van der Waals surface area contributed by atoms with Crippen LogP contribution < -0.4 is 0 Å². The van der Waals surface area contributed by atoms with E-state index in [1.54, 1.807) is 0 Å². The average Bonchev–Trinajstić information content (AvgIpc) is 2.33. The van der Waals surface area contributed by atoms with Crippen LogP contribution in [0.4, 0.5) is 0 Å². The van der Waals surface area contributed by atoms with Gasteiger partial charge in [0.1, 0.15) is 0 Å². The van der Waals surface area contributed by atoms with Crippen molar-refractivity contribution in [3.05, 3.63) is 47.1 Å². The van der Waals surface area contributed by atoms with E-state index in [-0.39, 0.29) is 27.1 Å². The molecule has 0 heterocycles. The number of hydrogen-bond donors (Lipinski definition) is 0. The number of allylic oxidation sites excluding steroid dienone is 8. The zero-order valence-corrected chi connectivity index (χ0v) is 21.9. The Morgan fingerprint density at radius 3 is 1.07 bits per heavy atom. The third-order valence-corrected chi connectivity index (χ3v) is 4.80. The molecule has 0 aromatic carbocycles. The molecule has 0 aromatic rings. The summed E-state index contributed by atoms with van der Waals surface area (Å²) >= 11 is 0. The minimum absolute atomic E-state index is 0.0755. The second kappa shape index (κ2) is 8.76. The number of hydrogen-bond acceptors (Lipinski definition) is 0. The molecule has 0 unspecified atom stereocenters. The topological polar surface area (TPSA) is 0 Å². The normalized spacial score (nSPS) is 16.0. The first-order chi connectivity index (χ1) is 12.1. The van der Waals surface area contributed by atoms with Crippen LogP contribution in [0.5, 0.6) is 0 Å². The van der Waals surface area contributed by atoms with Crippen LogP contribution in [0.1, 0.15) is 104 Å². The standard InChI is InChI=1S/C28H50/c1-24(2,3)20-16-17-21(25(4,5)6)22(26(7,8)9)18-19-23(27(10,11)12)28(13,14)15/h16-20H,1-15H3. The van der Waals surface area contributed by atoms with Crippen molar-refractivity contribution in [3.63, 3.8) is 0 Å². The molecule has 0 heteroatoms. The summed E-state index contributed by atoms with van der Waals surface area (Å²) in [7, 11) is 0. The smallest absolute Gasteiger partial charge is 0.0129 e. The molecule has 0 aliphatic carbocycles. The maximum absolute atomic E-state index is 2.40. The zero-order valence-electron chi connectivity index (χ0n) is 21.9. The Morgan fingerprint density at radius 2 is 0.786 bits per heavy atom. The Kier molecular flexibility index (Phi) is 8.44. The van der Waals surface area contributed by atoms with Crippen LogP contribution in [-0.2, 0) is 0 Å². The predicted octanol–water partition coefficient (Wildman–Crippen LogP) is 9.55. The Morgan fingerprint density at radius 1 is 0.429 bits per heavy atom. The first kappa shape index (κ1) is 27.0. The Labute approximate surface area is 178 Å². The minimum Gasteiger partial charge on any atom is -0.0791 e. The van der Waals surface area contributed by atoms with Crippen molar-refractivity contribution < 1.29 is 0 Å².